The van der Waals surface area contributed by atoms with Gasteiger partial charge in [-0.3, -0.25) is 0 Å². The molecule has 0 spiro atoms. The number of hydrogen-bond acceptors (Lipinski definition) is 5. The van der Waals surface area contributed by atoms with Crippen LogP contribution in [0.4, 0.5) is 4.79 Å². The molecule has 0 aliphatic heterocycles. The average molecular weight is 268 g/mol. The first-order chi connectivity index (χ1) is 8.97. The molecule has 0 aromatic heterocycles. The molecule has 6 heteroatoms. The van der Waals surface area contributed by atoms with E-state index in [1.807, 2.05) is 6.92 Å². The fraction of sp³-hybridized carbons (Fsp3) is 0.462. The molecule has 6 nitrogen and oxygen atoms in total. The highest BCUT2D eigenvalue weighted by Crippen LogP contribution is 2.32. The SMILES string of the molecule is COC(=O)NCCNC(C)c1ccc(O)c(C)c1O. The van der Waals surface area contributed by atoms with Gasteiger partial charge in [-0.1, -0.05) is 6.07 Å². The van der Waals surface area contributed by atoms with Crippen molar-refractivity contribution in [2.24, 2.45) is 0 Å². The number of benzene rings is 1. The second-order valence-corrected chi connectivity index (χ2v) is 4.24. The summed E-state index contributed by atoms with van der Waals surface area (Å²) in [5.74, 6) is 0.154. The average Bonchev–Trinajstić information content (AvgIpc) is 2.40. The molecule has 0 saturated carbocycles. The first-order valence-corrected chi connectivity index (χ1v) is 6.04. The Balaban J connectivity index is 2.52. The number of methoxy groups -OCH3 is 1. The lowest BCUT2D eigenvalue weighted by atomic mass is 10.0. The van der Waals surface area contributed by atoms with Crippen LogP contribution in [0.15, 0.2) is 12.1 Å². The van der Waals surface area contributed by atoms with Crippen molar-refractivity contribution in [1.82, 2.24) is 10.6 Å². The molecule has 1 amide bonds. The van der Waals surface area contributed by atoms with Crippen LogP contribution in [0.25, 0.3) is 0 Å². The van der Waals surface area contributed by atoms with Gasteiger partial charge >= 0.3 is 6.09 Å². The van der Waals surface area contributed by atoms with Gasteiger partial charge in [-0.25, -0.2) is 4.79 Å². The number of amides is 1. The molecule has 1 atom stereocenters. The van der Waals surface area contributed by atoms with Gasteiger partial charge in [0.1, 0.15) is 11.5 Å². The summed E-state index contributed by atoms with van der Waals surface area (Å²) in [5.41, 5.74) is 1.16. The highest BCUT2D eigenvalue weighted by Gasteiger charge is 2.13. The number of carbonyl (C=O) groups excluding carboxylic acids is 1. The number of nitrogens with one attached hydrogen (secondary N) is 2. The predicted octanol–water partition coefficient (Wildman–Crippen LogP) is 1.41. The van der Waals surface area contributed by atoms with E-state index in [4.69, 9.17) is 0 Å². The smallest absolute Gasteiger partial charge is 0.406 e. The summed E-state index contributed by atoms with van der Waals surface area (Å²) in [6.07, 6.45) is -0.474. The number of aromatic hydroxyl groups is 2. The van der Waals surface area contributed by atoms with E-state index in [0.29, 0.717) is 24.2 Å². The summed E-state index contributed by atoms with van der Waals surface area (Å²) in [5, 5.41) is 25.1. The summed E-state index contributed by atoms with van der Waals surface area (Å²) >= 11 is 0. The molecule has 0 fully saturated rings. The first-order valence-electron chi connectivity index (χ1n) is 6.04. The van der Waals surface area contributed by atoms with Crippen molar-refractivity contribution in [3.63, 3.8) is 0 Å². The van der Waals surface area contributed by atoms with E-state index in [2.05, 4.69) is 15.4 Å². The van der Waals surface area contributed by atoms with Crippen molar-refractivity contribution in [2.75, 3.05) is 20.2 Å². The molecule has 1 aromatic rings. The minimum absolute atomic E-state index is 0.0702. The molecule has 0 heterocycles. The summed E-state index contributed by atoms with van der Waals surface area (Å²) in [4.78, 5) is 10.8. The molecule has 1 unspecified atom stereocenters. The third kappa shape index (κ3) is 4.03. The lowest BCUT2D eigenvalue weighted by Crippen LogP contribution is -2.32. The second kappa shape index (κ2) is 6.84. The van der Waals surface area contributed by atoms with Gasteiger partial charge in [0, 0.05) is 30.3 Å². The van der Waals surface area contributed by atoms with Crippen LogP contribution in [0.2, 0.25) is 0 Å². The quantitative estimate of drug-likeness (QED) is 0.606. The fourth-order valence-corrected chi connectivity index (χ4v) is 1.70. The van der Waals surface area contributed by atoms with Crippen LogP contribution < -0.4 is 10.6 Å². The van der Waals surface area contributed by atoms with Crippen LogP contribution in [-0.4, -0.2) is 36.5 Å². The maximum atomic E-state index is 10.8. The number of phenols is 2. The Hall–Kier alpha value is -1.95. The molecule has 0 bridgehead atoms. The molecule has 0 aliphatic rings. The van der Waals surface area contributed by atoms with Crippen molar-refractivity contribution in [3.05, 3.63) is 23.3 Å². The maximum Gasteiger partial charge on any atom is 0.406 e. The third-order valence-electron chi connectivity index (χ3n) is 2.93. The Kier molecular flexibility index (Phi) is 5.44. The molecule has 0 saturated heterocycles. The van der Waals surface area contributed by atoms with Gasteiger partial charge in [-0.15, -0.1) is 0 Å². The van der Waals surface area contributed by atoms with Gasteiger partial charge in [0.2, 0.25) is 0 Å². The number of ether oxygens (including phenoxy) is 1. The number of hydrogen-bond donors (Lipinski definition) is 4. The van der Waals surface area contributed by atoms with Crippen LogP contribution in [0, 0.1) is 6.92 Å². The van der Waals surface area contributed by atoms with Crippen molar-refractivity contribution in [3.8, 4) is 11.5 Å². The van der Waals surface area contributed by atoms with Crippen molar-refractivity contribution in [2.45, 2.75) is 19.9 Å². The molecule has 1 aromatic carbocycles. The van der Waals surface area contributed by atoms with Gasteiger partial charge in [0.05, 0.1) is 7.11 Å². The molecular formula is C13H20N2O4. The number of alkyl carbamates (subject to hydrolysis) is 1. The van der Waals surface area contributed by atoms with E-state index in [1.54, 1.807) is 19.1 Å². The predicted molar refractivity (Wildman–Crippen MR) is 71.3 cm³/mol. The number of phenolic OH excluding ortho intramolecular Hbond substituents is 2. The summed E-state index contributed by atoms with van der Waals surface area (Å²) in [6.45, 7) is 4.51. The minimum Gasteiger partial charge on any atom is -0.508 e. The summed E-state index contributed by atoms with van der Waals surface area (Å²) in [6, 6.07) is 3.12. The number of carbonyl (C=O) groups is 1. The Morgan fingerprint density at radius 3 is 2.68 bits per heavy atom. The third-order valence-corrected chi connectivity index (χ3v) is 2.93. The highest BCUT2D eigenvalue weighted by atomic mass is 16.5. The van der Waals surface area contributed by atoms with Crippen molar-refractivity contribution < 1.29 is 19.7 Å². The van der Waals surface area contributed by atoms with E-state index in [9.17, 15) is 15.0 Å². The van der Waals surface area contributed by atoms with E-state index >= 15 is 0 Å². The largest absolute Gasteiger partial charge is 0.508 e. The minimum atomic E-state index is -0.474. The molecule has 0 aliphatic carbocycles. The first kappa shape index (κ1) is 15.1. The van der Waals surface area contributed by atoms with Crippen LogP contribution >= 0.6 is 0 Å². The van der Waals surface area contributed by atoms with E-state index in [-0.39, 0.29) is 17.5 Å². The zero-order chi connectivity index (χ0) is 14.4. The zero-order valence-corrected chi connectivity index (χ0v) is 11.4. The Morgan fingerprint density at radius 2 is 2.05 bits per heavy atom. The van der Waals surface area contributed by atoms with Gasteiger partial charge in [-0.2, -0.15) is 0 Å². The van der Waals surface area contributed by atoms with E-state index in [0.717, 1.165) is 0 Å². The molecule has 106 valence electrons. The van der Waals surface area contributed by atoms with Gasteiger partial charge < -0.3 is 25.6 Å². The zero-order valence-electron chi connectivity index (χ0n) is 11.4. The molecule has 19 heavy (non-hydrogen) atoms. The van der Waals surface area contributed by atoms with Gasteiger partial charge in [0.15, 0.2) is 0 Å². The van der Waals surface area contributed by atoms with Gasteiger partial charge in [-0.05, 0) is 19.9 Å². The van der Waals surface area contributed by atoms with Crippen molar-refractivity contribution in [1.29, 1.82) is 0 Å². The molecular weight excluding hydrogens is 248 g/mol. The molecule has 4 N–H and O–H groups in total. The monoisotopic (exact) mass is 268 g/mol. The summed E-state index contributed by atoms with van der Waals surface area (Å²) in [7, 11) is 1.31. The summed E-state index contributed by atoms with van der Waals surface area (Å²) < 4.78 is 4.44. The van der Waals surface area contributed by atoms with Crippen LogP contribution in [0.1, 0.15) is 24.1 Å². The van der Waals surface area contributed by atoms with E-state index in [1.165, 1.54) is 7.11 Å². The Bertz CT molecular complexity index is 449. The maximum absolute atomic E-state index is 10.8. The molecule has 1 rings (SSSR count). The Morgan fingerprint density at radius 1 is 1.37 bits per heavy atom. The van der Waals surface area contributed by atoms with Crippen molar-refractivity contribution >= 4 is 6.09 Å². The fourth-order valence-electron chi connectivity index (χ4n) is 1.70. The second-order valence-electron chi connectivity index (χ2n) is 4.24. The molecule has 0 radical (unpaired) electrons. The number of rotatable bonds is 5. The van der Waals surface area contributed by atoms with Gasteiger partial charge in [0.25, 0.3) is 0 Å². The van der Waals surface area contributed by atoms with Crippen LogP contribution in [0.3, 0.4) is 0 Å². The highest BCUT2D eigenvalue weighted by molar-refractivity contribution is 5.66. The lowest BCUT2D eigenvalue weighted by molar-refractivity contribution is 0.171. The standard InChI is InChI=1S/C13H20N2O4/c1-8-11(16)5-4-10(12(8)17)9(2)14-6-7-15-13(18)19-3/h4-5,9,14,16-17H,6-7H2,1-3H3,(H,15,18). The van der Waals surface area contributed by atoms with E-state index < -0.39 is 6.09 Å². The Labute approximate surface area is 112 Å². The van der Waals surface area contributed by atoms with Crippen LogP contribution in [0.5, 0.6) is 11.5 Å². The topological polar surface area (TPSA) is 90.8 Å². The van der Waals surface area contributed by atoms with Crippen LogP contribution in [-0.2, 0) is 4.74 Å². The normalized spacial score (nSPS) is 11.9. The lowest BCUT2D eigenvalue weighted by Gasteiger charge is -2.17.